The Morgan fingerprint density at radius 2 is 1.53 bits per heavy atom. The van der Waals surface area contributed by atoms with Gasteiger partial charge in [0.05, 0.1) is 18.4 Å². The Morgan fingerprint density at radius 1 is 0.861 bits per heavy atom. The highest BCUT2D eigenvalue weighted by Gasteiger charge is 2.10. The van der Waals surface area contributed by atoms with Crippen LogP contribution in [-0.2, 0) is 0 Å². The van der Waals surface area contributed by atoms with Gasteiger partial charge in [-0.25, -0.2) is 4.79 Å². The molecule has 0 radical (unpaired) electrons. The molecule has 0 heterocycles. The minimum atomic E-state index is -0.970. The minimum Gasteiger partial charge on any atom is -0.497 e. The molecule has 0 aliphatic heterocycles. The molecule has 0 spiro atoms. The molecule has 7 nitrogen and oxygen atoms in total. The second kappa shape index (κ2) is 12.9. The van der Waals surface area contributed by atoms with E-state index >= 15 is 0 Å². The molecule has 0 aliphatic carbocycles. The van der Waals surface area contributed by atoms with Crippen LogP contribution in [0, 0.1) is 5.41 Å². The molecule has 0 aromatic heterocycles. The Hall–Kier alpha value is -4.36. The third-order valence-corrected chi connectivity index (χ3v) is 5.17. The molecule has 4 aromatic rings. The van der Waals surface area contributed by atoms with Gasteiger partial charge < -0.3 is 29.8 Å². The lowest BCUT2D eigenvalue weighted by Gasteiger charge is -2.11. The first-order chi connectivity index (χ1) is 17.4. The highest BCUT2D eigenvalue weighted by atomic mass is 16.5. The number of ether oxygens (including phenoxy) is 3. The van der Waals surface area contributed by atoms with Crippen LogP contribution in [0.4, 0.5) is 0 Å². The van der Waals surface area contributed by atoms with Gasteiger partial charge in [0.15, 0.2) is 0 Å². The topological polar surface area (TPSA) is 109 Å². The van der Waals surface area contributed by atoms with E-state index < -0.39 is 5.97 Å². The van der Waals surface area contributed by atoms with Gasteiger partial charge in [-0.3, -0.25) is 0 Å². The average molecular weight is 488 g/mol. The molecule has 0 aliphatic rings. The Kier molecular flexibility index (Phi) is 9.42. The number of aromatic carboxylic acids is 1. The number of rotatable bonds is 9. The Bertz CT molecular complexity index is 1320. The fraction of sp³-hybridized carbons (Fsp3) is 0.172. The van der Waals surface area contributed by atoms with Crippen LogP contribution in [0.3, 0.4) is 0 Å². The van der Waals surface area contributed by atoms with E-state index in [1.54, 1.807) is 43.5 Å². The van der Waals surface area contributed by atoms with Crippen LogP contribution in [0.5, 0.6) is 23.0 Å². The molecule has 36 heavy (non-hydrogen) atoms. The number of aliphatic hydroxyl groups excluding tert-OH is 1. The summed E-state index contributed by atoms with van der Waals surface area (Å²) in [5.41, 5.74) is 1.23. The Labute approximate surface area is 210 Å². The van der Waals surface area contributed by atoms with Crippen LogP contribution in [0.15, 0.2) is 84.9 Å². The molecule has 0 saturated heterocycles. The van der Waals surface area contributed by atoms with Gasteiger partial charge in [-0.1, -0.05) is 31.2 Å². The molecule has 0 atom stereocenters. The zero-order valence-electron chi connectivity index (χ0n) is 20.2. The molecule has 0 bridgehead atoms. The van der Waals surface area contributed by atoms with Gasteiger partial charge in [-0.2, -0.15) is 0 Å². The predicted molar refractivity (Wildman–Crippen MR) is 140 cm³/mol. The third kappa shape index (κ3) is 7.07. The average Bonchev–Trinajstić information content (AvgIpc) is 2.91. The van der Waals surface area contributed by atoms with Crippen LogP contribution in [0.1, 0.15) is 29.3 Å². The second-order valence-electron chi connectivity index (χ2n) is 7.79. The van der Waals surface area contributed by atoms with Crippen molar-refractivity contribution < 1.29 is 29.2 Å². The monoisotopic (exact) mass is 487 g/mol. The third-order valence-electron chi connectivity index (χ3n) is 5.17. The molecule has 7 heteroatoms. The second-order valence-corrected chi connectivity index (χ2v) is 7.79. The SMILES string of the molecule is CCCO.COc1ccc(Oc2cccc(C(=N)COc3ccc4c(C(=O)O)cccc4c3)c2)cc1. The van der Waals surface area contributed by atoms with Crippen LogP contribution >= 0.6 is 0 Å². The molecular weight excluding hydrogens is 458 g/mol. The van der Waals surface area contributed by atoms with E-state index in [0.717, 1.165) is 17.6 Å². The van der Waals surface area contributed by atoms with Gasteiger partial charge in [-0.05, 0) is 77.9 Å². The van der Waals surface area contributed by atoms with Crippen molar-refractivity contribution in [3.63, 3.8) is 0 Å². The molecule has 186 valence electrons. The fourth-order valence-electron chi connectivity index (χ4n) is 3.30. The number of aliphatic hydroxyl groups is 1. The van der Waals surface area contributed by atoms with E-state index in [-0.39, 0.29) is 12.2 Å². The van der Waals surface area contributed by atoms with E-state index in [0.29, 0.717) is 40.5 Å². The lowest BCUT2D eigenvalue weighted by molar-refractivity contribution is 0.0699. The summed E-state index contributed by atoms with van der Waals surface area (Å²) in [5.74, 6) is 1.63. The van der Waals surface area contributed by atoms with E-state index in [4.69, 9.17) is 24.7 Å². The van der Waals surface area contributed by atoms with Gasteiger partial charge >= 0.3 is 5.97 Å². The minimum absolute atomic E-state index is 0.0656. The number of carbonyl (C=O) groups is 1. The summed E-state index contributed by atoms with van der Waals surface area (Å²) in [4.78, 5) is 11.4. The van der Waals surface area contributed by atoms with E-state index in [1.165, 1.54) is 0 Å². The standard InChI is InChI=1S/C26H21NO5.C3H8O/c1-30-19-8-10-20(11-9-19)32-22-6-2-5-18(15-22)25(27)16-31-21-12-13-23-17(14-21)4-3-7-24(23)26(28)29;1-2-3-4/h2-15,27H,16H2,1H3,(H,28,29);4H,2-3H2,1H3. The van der Waals surface area contributed by atoms with Crippen molar-refractivity contribution in [3.05, 3.63) is 96.1 Å². The Balaban J connectivity index is 0.000000840. The summed E-state index contributed by atoms with van der Waals surface area (Å²) < 4.78 is 16.8. The van der Waals surface area contributed by atoms with Crippen molar-refractivity contribution in [2.24, 2.45) is 0 Å². The van der Waals surface area contributed by atoms with Gasteiger partial charge in [-0.15, -0.1) is 0 Å². The molecule has 0 amide bonds. The Morgan fingerprint density at radius 3 is 2.19 bits per heavy atom. The van der Waals surface area contributed by atoms with Crippen molar-refractivity contribution in [1.82, 2.24) is 0 Å². The van der Waals surface area contributed by atoms with Crippen LogP contribution in [0.25, 0.3) is 10.8 Å². The highest BCUT2D eigenvalue weighted by Crippen LogP contribution is 2.26. The quantitative estimate of drug-likeness (QED) is 0.244. The first-order valence-corrected chi connectivity index (χ1v) is 11.4. The van der Waals surface area contributed by atoms with E-state index in [9.17, 15) is 9.90 Å². The summed E-state index contributed by atoms with van der Waals surface area (Å²) in [6, 6.07) is 24.8. The molecule has 0 saturated carbocycles. The first-order valence-electron chi connectivity index (χ1n) is 11.4. The summed E-state index contributed by atoms with van der Waals surface area (Å²) in [5, 5.41) is 27.0. The predicted octanol–water partition coefficient (Wildman–Crippen LogP) is 6.17. The van der Waals surface area contributed by atoms with Gasteiger partial charge in [0.2, 0.25) is 0 Å². The molecule has 0 unspecified atom stereocenters. The van der Waals surface area contributed by atoms with Crippen molar-refractivity contribution in [2.75, 3.05) is 20.3 Å². The number of carboxylic acid groups (broad SMARTS) is 1. The zero-order valence-corrected chi connectivity index (χ0v) is 20.2. The van der Waals surface area contributed by atoms with Crippen LogP contribution < -0.4 is 14.2 Å². The largest absolute Gasteiger partial charge is 0.497 e. The van der Waals surface area contributed by atoms with Crippen molar-refractivity contribution >= 4 is 22.5 Å². The number of methoxy groups -OCH3 is 1. The van der Waals surface area contributed by atoms with Crippen molar-refractivity contribution in [3.8, 4) is 23.0 Å². The summed E-state index contributed by atoms with van der Waals surface area (Å²) in [6.45, 7) is 2.32. The number of carboxylic acids is 1. The van der Waals surface area contributed by atoms with Gasteiger partial charge in [0.25, 0.3) is 0 Å². The lowest BCUT2D eigenvalue weighted by atomic mass is 10.0. The number of benzene rings is 4. The number of fused-ring (bicyclic) bond motifs is 1. The van der Waals surface area contributed by atoms with E-state index in [2.05, 4.69) is 0 Å². The number of hydrogen-bond acceptors (Lipinski definition) is 6. The number of hydrogen-bond donors (Lipinski definition) is 3. The van der Waals surface area contributed by atoms with E-state index in [1.807, 2.05) is 55.5 Å². The maximum atomic E-state index is 11.4. The molecular formula is C29H29NO6. The maximum absolute atomic E-state index is 11.4. The fourth-order valence-corrected chi connectivity index (χ4v) is 3.30. The molecule has 4 aromatic carbocycles. The van der Waals surface area contributed by atoms with Gasteiger partial charge in [0, 0.05) is 12.2 Å². The van der Waals surface area contributed by atoms with Crippen LogP contribution in [0.2, 0.25) is 0 Å². The van der Waals surface area contributed by atoms with Crippen molar-refractivity contribution in [2.45, 2.75) is 13.3 Å². The molecule has 4 rings (SSSR count). The maximum Gasteiger partial charge on any atom is 0.336 e. The highest BCUT2D eigenvalue weighted by molar-refractivity contribution is 6.04. The number of nitrogens with one attached hydrogen (secondary N) is 1. The summed E-state index contributed by atoms with van der Waals surface area (Å²) in [7, 11) is 1.61. The molecule has 3 N–H and O–H groups in total. The molecule has 0 fully saturated rings. The summed E-state index contributed by atoms with van der Waals surface area (Å²) >= 11 is 0. The smallest absolute Gasteiger partial charge is 0.336 e. The summed E-state index contributed by atoms with van der Waals surface area (Å²) in [6.07, 6.45) is 0.875. The normalized spacial score (nSPS) is 10.2. The van der Waals surface area contributed by atoms with Gasteiger partial charge in [0.1, 0.15) is 29.6 Å². The van der Waals surface area contributed by atoms with Crippen LogP contribution in [-0.4, -0.2) is 42.2 Å². The lowest BCUT2D eigenvalue weighted by Crippen LogP contribution is -2.11. The van der Waals surface area contributed by atoms with Crippen molar-refractivity contribution in [1.29, 1.82) is 5.41 Å². The zero-order chi connectivity index (χ0) is 25.9. The first kappa shape index (κ1) is 26.2.